The first-order chi connectivity index (χ1) is 7.18. The van der Waals surface area contributed by atoms with Crippen LogP contribution in [-0.4, -0.2) is 28.4 Å². The van der Waals surface area contributed by atoms with Gasteiger partial charge in [-0.25, -0.2) is 14.8 Å². The molecule has 0 unspecified atom stereocenters. The van der Waals surface area contributed by atoms with Crippen molar-refractivity contribution in [2.45, 2.75) is 6.92 Å². The van der Waals surface area contributed by atoms with Crippen molar-refractivity contribution in [2.24, 2.45) is 4.99 Å². The summed E-state index contributed by atoms with van der Waals surface area (Å²) in [5.41, 5.74) is 0.565. The van der Waals surface area contributed by atoms with Gasteiger partial charge in [0.1, 0.15) is 17.9 Å². The summed E-state index contributed by atoms with van der Waals surface area (Å²) in [4.78, 5) is 19.3. The smallest absolute Gasteiger partial charge is 0.344 e. The first-order valence-electron chi connectivity index (χ1n) is 4.23. The van der Waals surface area contributed by atoms with Crippen LogP contribution in [0, 0.1) is 0 Å². The summed E-state index contributed by atoms with van der Waals surface area (Å²) in [6.45, 7) is 1.57. The number of carbonyl (C=O) groups excluding carboxylic acids is 1. The van der Waals surface area contributed by atoms with Crippen LogP contribution in [-0.2, 0) is 9.53 Å². The third-order valence-corrected chi connectivity index (χ3v) is 2.54. The van der Waals surface area contributed by atoms with Crippen molar-refractivity contribution < 1.29 is 14.6 Å². The number of hydrogen-bond acceptors (Lipinski definition) is 6. The minimum absolute atomic E-state index is 0.0705. The van der Waals surface area contributed by atoms with E-state index in [0.29, 0.717) is 10.8 Å². The number of hydrogen-bond donors (Lipinski definition) is 1. The van der Waals surface area contributed by atoms with Gasteiger partial charge in [-0.3, -0.25) is 0 Å². The van der Waals surface area contributed by atoms with Gasteiger partial charge in [0.05, 0.1) is 5.71 Å². The number of carbonyl (C=O) groups is 1. The van der Waals surface area contributed by atoms with Gasteiger partial charge in [-0.05, 0) is 6.92 Å². The summed E-state index contributed by atoms with van der Waals surface area (Å²) in [5, 5.41) is 11.7. The molecule has 0 aromatic carbocycles. The first-order valence-corrected chi connectivity index (χ1v) is 5.11. The summed E-state index contributed by atoms with van der Waals surface area (Å²) < 4.78 is 4.66. The molecule has 0 fully saturated rings. The molecule has 0 amide bonds. The maximum atomic E-state index is 11.2. The molecule has 1 N–H and O–H groups in total. The predicted molar refractivity (Wildman–Crippen MR) is 55.5 cm³/mol. The molecule has 5 nitrogen and oxygen atoms in total. The molecule has 1 aliphatic heterocycles. The van der Waals surface area contributed by atoms with E-state index in [1.54, 1.807) is 18.5 Å². The average Bonchev–Trinajstić information content (AvgIpc) is 2.77. The second-order valence-electron chi connectivity index (χ2n) is 2.91. The molecule has 0 radical (unpaired) electrons. The molecule has 0 saturated heterocycles. The summed E-state index contributed by atoms with van der Waals surface area (Å²) in [6.07, 6.45) is 1.62. The SMILES string of the molecule is CC(=Nc1nccs1)C1=C(O)COC1=O. The fourth-order valence-corrected chi connectivity index (χ4v) is 1.78. The van der Waals surface area contributed by atoms with Gasteiger partial charge in [0.15, 0.2) is 0 Å². The van der Waals surface area contributed by atoms with Crippen LogP contribution in [0.4, 0.5) is 5.13 Å². The van der Waals surface area contributed by atoms with Gasteiger partial charge in [0.2, 0.25) is 5.13 Å². The molecular formula is C9H8N2O3S. The van der Waals surface area contributed by atoms with E-state index in [0.717, 1.165) is 0 Å². The van der Waals surface area contributed by atoms with Crippen LogP contribution >= 0.6 is 11.3 Å². The lowest BCUT2D eigenvalue weighted by molar-refractivity contribution is -0.135. The lowest BCUT2D eigenvalue weighted by Crippen LogP contribution is -2.07. The van der Waals surface area contributed by atoms with Gasteiger partial charge >= 0.3 is 5.97 Å². The van der Waals surface area contributed by atoms with Crippen LogP contribution in [0.3, 0.4) is 0 Å². The van der Waals surface area contributed by atoms with Gasteiger partial charge in [-0.15, -0.1) is 11.3 Å². The van der Waals surface area contributed by atoms with Crippen molar-refractivity contribution in [3.63, 3.8) is 0 Å². The molecule has 1 aromatic heterocycles. The topological polar surface area (TPSA) is 71.8 Å². The predicted octanol–water partition coefficient (Wildman–Crippen LogP) is 1.60. The Morgan fingerprint density at radius 1 is 1.73 bits per heavy atom. The Morgan fingerprint density at radius 3 is 3.07 bits per heavy atom. The zero-order chi connectivity index (χ0) is 10.8. The lowest BCUT2D eigenvalue weighted by Gasteiger charge is -1.96. The largest absolute Gasteiger partial charge is 0.508 e. The summed E-state index contributed by atoms with van der Waals surface area (Å²) in [6, 6.07) is 0. The molecule has 15 heavy (non-hydrogen) atoms. The van der Waals surface area contributed by atoms with Crippen LogP contribution in [0.25, 0.3) is 0 Å². The van der Waals surface area contributed by atoms with E-state index in [4.69, 9.17) is 0 Å². The summed E-state index contributed by atoms with van der Waals surface area (Å²) in [5.74, 6) is -0.608. The molecule has 0 atom stereocenters. The number of nitrogens with zero attached hydrogens (tertiary/aromatic N) is 2. The molecule has 0 spiro atoms. The maximum absolute atomic E-state index is 11.2. The van der Waals surface area contributed by atoms with Gasteiger partial charge in [0, 0.05) is 11.6 Å². The molecule has 6 heteroatoms. The number of rotatable bonds is 2. The van der Waals surface area contributed by atoms with Crippen molar-refractivity contribution in [1.29, 1.82) is 0 Å². The Bertz CT molecular complexity index is 448. The van der Waals surface area contributed by atoms with E-state index in [-0.39, 0.29) is 17.9 Å². The zero-order valence-corrected chi connectivity index (χ0v) is 8.74. The van der Waals surface area contributed by atoms with Crippen molar-refractivity contribution in [1.82, 2.24) is 4.98 Å². The fourth-order valence-electron chi connectivity index (χ4n) is 1.22. The van der Waals surface area contributed by atoms with E-state index in [9.17, 15) is 9.90 Å². The highest BCUT2D eigenvalue weighted by Gasteiger charge is 2.26. The quantitative estimate of drug-likeness (QED) is 0.611. The van der Waals surface area contributed by atoms with E-state index in [1.807, 2.05) is 0 Å². The monoisotopic (exact) mass is 224 g/mol. The van der Waals surface area contributed by atoms with Crippen molar-refractivity contribution >= 4 is 28.1 Å². The Labute approximate surface area is 89.8 Å². The average molecular weight is 224 g/mol. The Hall–Kier alpha value is -1.69. The van der Waals surface area contributed by atoms with Crippen LogP contribution in [0.2, 0.25) is 0 Å². The molecule has 1 aliphatic rings. The van der Waals surface area contributed by atoms with Gasteiger partial charge < -0.3 is 9.84 Å². The molecule has 2 heterocycles. The number of thiazole rings is 1. The van der Waals surface area contributed by atoms with Crippen molar-refractivity contribution in [3.05, 3.63) is 22.9 Å². The van der Waals surface area contributed by atoms with Crippen LogP contribution < -0.4 is 0 Å². The third-order valence-electron chi connectivity index (χ3n) is 1.88. The van der Waals surface area contributed by atoms with Gasteiger partial charge in [-0.2, -0.15) is 0 Å². The normalized spacial score (nSPS) is 17.1. The Morgan fingerprint density at radius 2 is 2.53 bits per heavy atom. The third kappa shape index (κ3) is 1.89. The van der Waals surface area contributed by atoms with Crippen LogP contribution in [0.1, 0.15) is 6.92 Å². The minimum atomic E-state index is -0.537. The lowest BCUT2D eigenvalue weighted by atomic mass is 10.1. The number of ether oxygens (including phenoxy) is 1. The van der Waals surface area contributed by atoms with E-state index in [2.05, 4.69) is 14.7 Å². The Kier molecular flexibility index (Phi) is 2.51. The minimum Gasteiger partial charge on any atom is -0.508 e. The van der Waals surface area contributed by atoms with Gasteiger partial charge in [0.25, 0.3) is 0 Å². The highest BCUT2D eigenvalue weighted by Crippen LogP contribution is 2.20. The molecular weight excluding hydrogens is 216 g/mol. The zero-order valence-electron chi connectivity index (χ0n) is 7.93. The number of aliphatic hydroxyl groups excluding tert-OH is 1. The standard InChI is InChI=1S/C9H8N2O3S/c1-5(11-9-10-2-3-15-9)7-6(12)4-14-8(7)13/h2-3,12H,4H2,1H3. The number of esters is 1. The number of aromatic nitrogens is 1. The summed E-state index contributed by atoms with van der Waals surface area (Å²) >= 11 is 1.36. The van der Waals surface area contributed by atoms with E-state index < -0.39 is 5.97 Å². The van der Waals surface area contributed by atoms with Crippen LogP contribution in [0.15, 0.2) is 27.9 Å². The molecule has 0 aliphatic carbocycles. The highest BCUT2D eigenvalue weighted by atomic mass is 32.1. The number of aliphatic hydroxyl groups is 1. The molecule has 1 aromatic rings. The number of aliphatic imine (C=N–C) groups is 1. The van der Waals surface area contributed by atoms with E-state index >= 15 is 0 Å². The highest BCUT2D eigenvalue weighted by molar-refractivity contribution is 7.13. The second kappa shape index (κ2) is 3.82. The molecule has 0 saturated carbocycles. The van der Waals surface area contributed by atoms with Gasteiger partial charge in [-0.1, -0.05) is 0 Å². The second-order valence-corrected chi connectivity index (χ2v) is 3.78. The fraction of sp³-hybridized carbons (Fsp3) is 0.222. The van der Waals surface area contributed by atoms with Crippen molar-refractivity contribution in [2.75, 3.05) is 6.61 Å². The number of cyclic esters (lactones) is 1. The molecule has 78 valence electrons. The van der Waals surface area contributed by atoms with Crippen molar-refractivity contribution in [3.8, 4) is 0 Å². The summed E-state index contributed by atoms with van der Waals surface area (Å²) in [7, 11) is 0. The maximum Gasteiger partial charge on any atom is 0.344 e. The first kappa shape index (κ1) is 9.85. The molecule has 0 bridgehead atoms. The van der Waals surface area contributed by atoms with E-state index in [1.165, 1.54) is 11.3 Å². The van der Waals surface area contributed by atoms with Crippen LogP contribution in [0.5, 0.6) is 0 Å². The molecule has 2 rings (SSSR count). The Balaban J connectivity index is 2.32.